The maximum absolute atomic E-state index is 12.1. The summed E-state index contributed by atoms with van der Waals surface area (Å²) >= 11 is 0. The van der Waals surface area contributed by atoms with E-state index in [0.29, 0.717) is 0 Å². The summed E-state index contributed by atoms with van der Waals surface area (Å²) in [6, 6.07) is 8.35. The molecule has 0 saturated carbocycles. The van der Waals surface area contributed by atoms with Crippen molar-refractivity contribution >= 4 is 0 Å². The van der Waals surface area contributed by atoms with Crippen molar-refractivity contribution in [3.63, 3.8) is 0 Å². The Kier molecular flexibility index (Phi) is 4.32. The third kappa shape index (κ3) is 3.83. The fourth-order valence-electron chi connectivity index (χ4n) is 1.14. The molecule has 0 amide bonds. The highest BCUT2D eigenvalue weighted by Gasteiger charge is 2.37. The van der Waals surface area contributed by atoms with E-state index in [2.05, 4.69) is 4.74 Å². The minimum atomic E-state index is -4.34. The monoisotopic (exact) mass is 233 g/mol. The van der Waals surface area contributed by atoms with Crippen LogP contribution >= 0.6 is 0 Å². The Morgan fingerprint density at radius 2 is 1.81 bits per heavy atom. The SMILES string of the molecule is CC(OCC(N)c1ccccc1)C(F)(F)F. The molecule has 1 rings (SSSR count). The number of benzene rings is 1. The predicted octanol–water partition coefficient (Wildman–Crippen LogP) is 2.65. The van der Waals surface area contributed by atoms with Gasteiger partial charge in [0.05, 0.1) is 12.6 Å². The molecule has 1 aromatic rings. The van der Waals surface area contributed by atoms with Gasteiger partial charge in [-0.3, -0.25) is 0 Å². The van der Waals surface area contributed by atoms with Crippen LogP contribution in [0.25, 0.3) is 0 Å². The van der Waals surface area contributed by atoms with Gasteiger partial charge in [-0.05, 0) is 12.5 Å². The van der Waals surface area contributed by atoms with Gasteiger partial charge in [-0.15, -0.1) is 0 Å². The molecule has 0 aliphatic rings. The molecule has 2 unspecified atom stereocenters. The molecule has 0 aromatic heterocycles. The number of ether oxygens (including phenoxy) is 1. The molecular weight excluding hydrogens is 219 g/mol. The van der Waals surface area contributed by atoms with Crippen LogP contribution in [0.3, 0.4) is 0 Å². The van der Waals surface area contributed by atoms with Crippen molar-refractivity contribution in [2.45, 2.75) is 25.2 Å². The zero-order valence-electron chi connectivity index (χ0n) is 8.87. The van der Waals surface area contributed by atoms with Crippen molar-refractivity contribution < 1.29 is 17.9 Å². The Labute approximate surface area is 92.2 Å². The van der Waals surface area contributed by atoms with Crippen molar-refractivity contribution in [1.29, 1.82) is 0 Å². The van der Waals surface area contributed by atoms with E-state index in [1.165, 1.54) is 0 Å². The van der Waals surface area contributed by atoms with E-state index in [1.807, 2.05) is 6.07 Å². The topological polar surface area (TPSA) is 35.2 Å². The summed E-state index contributed by atoms with van der Waals surface area (Å²) in [4.78, 5) is 0. The molecule has 0 radical (unpaired) electrons. The van der Waals surface area contributed by atoms with Gasteiger partial charge in [0.2, 0.25) is 0 Å². The first-order valence-electron chi connectivity index (χ1n) is 4.90. The van der Waals surface area contributed by atoms with Crippen molar-refractivity contribution in [3.8, 4) is 0 Å². The number of hydrogen-bond acceptors (Lipinski definition) is 2. The second-order valence-corrected chi connectivity index (χ2v) is 3.53. The summed E-state index contributed by atoms with van der Waals surface area (Å²) < 4.78 is 41.1. The third-order valence-corrected chi connectivity index (χ3v) is 2.21. The summed E-state index contributed by atoms with van der Waals surface area (Å²) in [5.41, 5.74) is 6.46. The highest BCUT2D eigenvalue weighted by atomic mass is 19.4. The number of hydrogen-bond donors (Lipinski definition) is 1. The minimum absolute atomic E-state index is 0.148. The molecule has 90 valence electrons. The van der Waals surface area contributed by atoms with Crippen LogP contribution in [0.1, 0.15) is 18.5 Å². The average Bonchev–Trinajstić information content (AvgIpc) is 2.25. The summed E-state index contributed by atoms with van der Waals surface area (Å²) in [7, 11) is 0. The number of halogens is 3. The lowest BCUT2D eigenvalue weighted by Gasteiger charge is -2.19. The lowest BCUT2D eigenvalue weighted by molar-refractivity contribution is -0.215. The zero-order chi connectivity index (χ0) is 12.2. The maximum Gasteiger partial charge on any atom is 0.414 e. The van der Waals surface area contributed by atoms with Crippen LogP contribution < -0.4 is 5.73 Å². The molecule has 2 nitrogen and oxygen atoms in total. The highest BCUT2D eigenvalue weighted by molar-refractivity contribution is 5.18. The number of alkyl halides is 3. The molecular formula is C11H14F3NO. The second-order valence-electron chi connectivity index (χ2n) is 3.53. The zero-order valence-corrected chi connectivity index (χ0v) is 8.87. The Morgan fingerprint density at radius 3 is 2.31 bits per heavy atom. The predicted molar refractivity (Wildman–Crippen MR) is 54.8 cm³/mol. The smallest absolute Gasteiger partial charge is 0.367 e. The molecule has 2 N–H and O–H groups in total. The van der Waals surface area contributed by atoms with Crippen LogP contribution in [-0.2, 0) is 4.74 Å². The number of nitrogens with two attached hydrogens (primary N) is 1. The van der Waals surface area contributed by atoms with E-state index in [4.69, 9.17) is 5.73 Å². The van der Waals surface area contributed by atoms with Crippen LogP contribution in [0.4, 0.5) is 13.2 Å². The molecule has 0 fully saturated rings. The highest BCUT2D eigenvalue weighted by Crippen LogP contribution is 2.23. The van der Waals surface area contributed by atoms with Gasteiger partial charge in [-0.1, -0.05) is 30.3 Å². The van der Waals surface area contributed by atoms with E-state index in [9.17, 15) is 13.2 Å². The Balaban J connectivity index is 2.45. The molecule has 1 aromatic carbocycles. The van der Waals surface area contributed by atoms with Gasteiger partial charge < -0.3 is 10.5 Å². The van der Waals surface area contributed by atoms with E-state index in [1.54, 1.807) is 24.3 Å². The van der Waals surface area contributed by atoms with Gasteiger partial charge in [-0.25, -0.2) is 0 Å². The van der Waals surface area contributed by atoms with E-state index >= 15 is 0 Å². The number of rotatable bonds is 4. The average molecular weight is 233 g/mol. The molecule has 5 heteroatoms. The Bertz CT molecular complexity index is 313. The first-order valence-corrected chi connectivity index (χ1v) is 4.90. The molecule has 0 saturated heterocycles. The van der Waals surface area contributed by atoms with Crippen LogP contribution in [0.15, 0.2) is 30.3 Å². The van der Waals surface area contributed by atoms with Crippen molar-refractivity contribution in [3.05, 3.63) is 35.9 Å². The molecule has 2 atom stereocenters. The Hall–Kier alpha value is -1.07. The lowest BCUT2D eigenvalue weighted by Crippen LogP contribution is -2.31. The fraction of sp³-hybridized carbons (Fsp3) is 0.455. The van der Waals surface area contributed by atoms with Crippen molar-refractivity contribution in [1.82, 2.24) is 0 Å². The van der Waals surface area contributed by atoms with Crippen molar-refractivity contribution in [2.24, 2.45) is 5.73 Å². The first-order chi connectivity index (χ1) is 7.41. The molecule has 0 heterocycles. The third-order valence-electron chi connectivity index (χ3n) is 2.21. The van der Waals surface area contributed by atoms with E-state index in [0.717, 1.165) is 12.5 Å². The van der Waals surface area contributed by atoms with Gasteiger partial charge in [0, 0.05) is 0 Å². The molecule has 0 aliphatic heterocycles. The van der Waals surface area contributed by atoms with Gasteiger partial charge in [-0.2, -0.15) is 13.2 Å². The van der Waals surface area contributed by atoms with Gasteiger partial charge in [0.25, 0.3) is 0 Å². The van der Waals surface area contributed by atoms with E-state index < -0.39 is 18.3 Å². The van der Waals surface area contributed by atoms with Gasteiger partial charge >= 0.3 is 6.18 Å². The van der Waals surface area contributed by atoms with Gasteiger partial charge in [0.15, 0.2) is 6.10 Å². The Morgan fingerprint density at radius 1 is 1.25 bits per heavy atom. The quantitative estimate of drug-likeness (QED) is 0.867. The normalized spacial score (nSPS) is 15.8. The van der Waals surface area contributed by atoms with Crippen LogP contribution in [-0.4, -0.2) is 18.9 Å². The van der Waals surface area contributed by atoms with Crippen LogP contribution in [0.2, 0.25) is 0 Å². The van der Waals surface area contributed by atoms with Crippen LogP contribution in [0, 0.1) is 0 Å². The molecule has 0 spiro atoms. The fourth-order valence-corrected chi connectivity index (χ4v) is 1.14. The second kappa shape index (κ2) is 5.32. The van der Waals surface area contributed by atoms with Gasteiger partial charge in [0.1, 0.15) is 0 Å². The largest absolute Gasteiger partial charge is 0.414 e. The summed E-state index contributed by atoms with van der Waals surface area (Å²) in [5.74, 6) is 0. The molecule has 16 heavy (non-hydrogen) atoms. The lowest BCUT2D eigenvalue weighted by atomic mass is 10.1. The summed E-state index contributed by atoms with van der Waals surface area (Å²) in [6.07, 6.45) is -6.13. The molecule has 0 bridgehead atoms. The summed E-state index contributed by atoms with van der Waals surface area (Å²) in [6.45, 7) is 0.822. The minimum Gasteiger partial charge on any atom is -0.367 e. The maximum atomic E-state index is 12.1. The summed E-state index contributed by atoms with van der Waals surface area (Å²) in [5, 5.41) is 0. The molecule has 0 aliphatic carbocycles. The van der Waals surface area contributed by atoms with Crippen LogP contribution in [0.5, 0.6) is 0 Å². The first kappa shape index (κ1) is 13.0. The van der Waals surface area contributed by atoms with Crippen molar-refractivity contribution in [2.75, 3.05) is 6.61 Å². The standard InChI is InChI=1S/C11H14F3NO/c1-8(11(12,13)14)16-7-10(15)9-5-3-2-4-6-9/h2-6,8,10H,7,15H2,1H3. The van der Waals surface area contributed by atoms with E-state index in [-0.39, 0.29) is 6.61 Å².